The Morgan fingerprint density at radius 3 is 2.36 bits per heavy atom. The first-order valence-electron chi connectivity index (χ1n) is 4.68. The van der Waals surface area contributed by atoms with E-state index in [1.807, 2.05) is 13.0 Å². The van der Waals surface area contributed by atoms with Gasteiger partial charge < -0.3 is 5.73 Å². The minimum absolute atomic E-state index is 0.0626. The lowest BCUT2D eigenvalue weighted by Crippen LogP contribution is -2.39. The largest absolute Gasteiger partial charge is 0.369 e. The van der Waals surface area contributed by atoms with Gasteiger partial charge in [0.05, 0.1) is 7.85 Å². The zero-order valence-corrected chi connectivity index (χ0v) is 8.44. The number of allylic oxidation sites excluding steroid dienone is 2. The summed E-state index contributed by atoms with van der Waals surface area (Å²) in [7, 11) is 5.85. The number of hydrogen-bond acceptors (Lipinski definition) is 2. The van der Waals surface area contributed by atoms with E-state index in [4.69, 9.17) is 13.6 Å². The SMILES string of the molecule is [B]C1C(C)C=CC(C(C)=O)C1C(N)=O. The zero-order valence-electron chi connectivity index (χ0n) is 8.44. The van der Waals surface area contributed by atoms with Crippen molar-refractivity contribution in [1.29, 1.82) is 0 Å². The Bertz CT molecular complexity index is 288. The summed E-state index contributed by atoms with van der Waals surface area (Å²) in [5.74, 6) is -1.83. The molecule has 4 unspecified atom stereocenters. The van der Waals surface area contributed by atoms with Gasteiger partial charge in [0.1, 0.15) is 5.78 Å². The molecule has 4 atom stereocenters. The van der Waals surface area contributed by atoms with Crippen molar-refractivity contribution in [1.82, 2.24) is 0 Å². The van der Waals surface area contributed by atoms with Crippen molar-refractivity contribution in [2.45, 2.75) is 19.7 Å². The van der Waals surface area contributed by atoms with Crippen LogP contribution >= 0.6 is 0 Å². The third-order valence-corrected chi connectivity index (χ3v) is 2.83. The van der Waals surface area contributed by atoms with Crippen molar-refractivity contribution in [3.63, 3.8) is 0 Å². The maximum atomic E-state index is 11.3. The molecule has 4 heteroatoms. The van der Waals surface area contributed by atoms with Crippen LogP contribution in [0.15, 0.2) is 12.2 Å². The number of carbonyl (C=O) groups excluding carboxylic acids is 2. The molecule has 2 N–H and O–H groups in total. The monoisotopic (exact) mass is 191 g/mol. The number of amides is 1. The van der Waals surface area contributed by atoms with Crippen LogP contribution in [0.2, 0.25) is 5.82 Å². The predicted octanol–water partition coefficient (Wildman–Crippen LogP) is 0.456. The van der Waals surface area contributed by atoms with E-state index in [-0.39, 0.29) is 17.5 Å². The van der Waals surface area contributed by atoms with Crippen molar-refractivity contribution in [2.24, 2.45) is 23.5 Å². The molecule has 0 heterocycles. The third kappa shape index (κ3) is 1.89. The molecule has 0 bridgehead atoms. The molecular weight excluding hydrogens is 177 g/mol. The second-order valence-corrected chi connectivity index (χ2v) is 3.89. The lowest BCUT2D eigenvalue weighted by Gasteiger charge is -2.33. The molecule has 1 aliphatic rings. The van der Waals surface area contributed by atoms with E-state index in [1.165, 1.54) is 6.92 Å². The molecular formula is C10H14BNO2. The van der Waals surface area contributed by atoms with Gasteiger partial charge in [0, 0.05) is 11.8 Å². The summed E-state index contributed by atoms with van der Waals surface area (Å²) in [5.41, 5.74) is 5.24. The Morgan fingerprint density at radius 1 is 1.36 bits per heavy atom. The zero-order chi connectivity index (χ0) is 10.9. The standard InChI is InChI=1S/C10H14BNO2/c1-5-3-4-7(6(2)13)8(9(5)11)10(12)14/h3-5,7-9H,1-2H3,(H2,12,14). The van der Waals surface area contributed by atoms with Gasteiger partial charge in [0.2, 0.25) is 5.91 Å². The van der Waals surface area contributed by atoms with E-state index in [1.54, 1.807) is 6.08 Å². The number of hydrogen-bond donors (Lipinski definition) is 1. The van der Waals surface area contributed by atoms with E-state index in [2.05, 4.69) is 0 Å². The fourth-order valence-corrected chi connectivity index (χ4v) is 1.86. The highest BCUT2D eigenvalue weighted by Gasteiger charge is 2.37. The highest BCUT2D eigenvalue weighted by Crippen LogP contribution is 2.36. The van der Waals surface area contributed by atoms with Crippen molar-refractivity contribution in [3.05, 3.63) is 12.2 Å². The Morgan fingerprint density at radius 2 is 1.93 bits per heavy atom. The minimum Gasteiger partial charge on any atom is -0.369 e. The Labute approximate surface area is 85.1 Å². The van der Waals surface area contributed by atoms with E-state index in [0.717, 1.165) is 0 Å². The van der Waals surface area contributed by atoms with Crippen LogP contribution in [0.3, 0.4) is 0 Å². The van der Waals surface area contributed by atoms with Crippen LogP contribution < -0.4 is 5.73 Å². The van der Waals surface area contributed by atoms with Crippen LogP contribution in [0.25, 0.3) is 0 Å². The van der Waals surface area contributed by atoms with Crippen molar-refractivity contribution < 1.29 is 9.59 Å². The molecule has 0 fully saturated rings. The third-order valence-electron chi connectivity index (χ3n) is 2.83. The summed E-state index contributed by atoms with van der Waals surface area (Å²) in [4.78, 5) is 22.4. The highest BCUT2D eigenvalue weighted by molar-refractivity contribution is 6.14. The van der Waals surface area contributed by atoms with Gasteiger partial charge in [-0.25, -0.2) is 0 Å². The van der Waals surface area contributed by atoms with E-state index >= 15 is 0 Å². The summed E-state index contributed by atoms with van der Waals surface area (Å²) in [6.07, 6.45) is 3.61. The van der Waals surface area contributed by atoms with E-state index in [0.29, 0.717) is 0 Å². The molecule has 0 saturated heterocycles. The number of primary amides is 1. The Kier molecular flexibility index (Phi) is 3.14. The minimum atomic E-state index is -0.563. The molecule has 1 amide bonds. The van der Waals surface area contributed by atoms with Crippen molar-refractivity contribution in [2.75, 3.05) is 0 Å². The van der Waals surface area contributed by atoms with Crippen LogP contribution in [0.1, 0.15) is 13.8 Å². The van der Waals surface area contributed by atoms with Gasteiger partial charge in [-0.1, -0.05) is 24.9 Å². The van der Waals surface area contributed by atoms with Crippen molar-refractivity contribution in [3.8, 4) is 0 Å². The average Bonchev–Trinajstić information content (AvgIpc) is 2.08. The first-order chi connectivity index (χ1) is 6.45. The molecule has 3 nitrogen and oxygen atoms in total. The lowest BCUT2D eigenvalue weighted by molar-refractivity contribution is -0.130. The number of ketones is 1. The van der Waals surface area contributed by atoms with E-state index in [9.17, 15) is 9.59 Å². The Hall–Kier alpha value is -1.06. The molecule has 1 aliphatic carbocycles. The summed E-state index contributed by atoms with van der Waals surface area (Å²) in [6.45, 7) is 3.36. The summed E-state index contributed by atoms with van der Waals surface area (Å²) >= 11 is 0. The van der Waals surface area contributed by atoms with Gasteiger partial charge >= 0.3 is 0 Å². The van der Waals surface area contributed by atoms with Crippen LogP contribution in [-0.4, -0.2) is 19.5 Å². The fraction of sp³-hybridized carbons (Fsp3) is 0.600. The molecule has 74 valence electrons. The average molecular weight is 191 g/mol. The van der Waals surface area contributed by atoms with Gasteiger partial charge in [-0.3, -0.25) is 9.59 Å². The van der Waals surface area contributed by atoms with Gasteiger partial charge in [-0.2, -0.15) is 0 Å². The normalized spacial score (nSPS) is 36.7. The maximum absolute atomic E-state index is 11.3. The van der Waals surface area contributed by atoms with Crippen LogP contribution in [0, 0.1) is 17.8 Å². The predicted molar refractivity (Wildman–Crippen MR) is 54.7 cm³/mol. The smallest absolute Gasteiger partial charge is 0.221 e. The molecule has 0 aromatic rings. The quantitative estimate of drug-likeness (QED) is 0.509. The van der Waals surface area contributed by atoms with Crippen molar-refractivity contribution >= 4 is 19.5 Å². The molecule has 0 aliphatic heterocycles. The fourth-order valence-electron chi connectivity index (χ4n) is 1.86. The number of nitrogens with two attached hydrogens (primary N) is 1. The summed E-state index contributed by atoms with van der Waals surface area (Å²) in [6, 6.07) is 0. The first kappa shape index (κ1) is 11.0. The molecule has 0 aromatic heterocycles. The highest BCUT2D eigenvalue weighted by atomic mass is 16.1. The van der Waals surface area contributed by atoms with Crippen LogP contribution in [0.5, 0.6) is 0 Å². The Balaban J connectivity index is 3.00. The topological polar surface area (TPSA) is 60.2 Å². The number of carbonyl (C=O) groups is 2. The van der Waals surface area contributed by atoms with Crippen LogP contribution in [0.4, 0.5) is 0 Å². The molecule has 14 heavy (non-hydrogen) atoms. The second-order valence-electron chi connectivity index (χ2n) is 3.89. The van der Waals surface area contributed by atoms with Crippen LogP contribution in [-0.2, 0) is 9.59 Å². The molecule has 2 radical (unpaired) electrons. The van der Waals surface area contributed by atoms with Gasteiger partial charge in [0.25, 0.3) is 0 Å². The van der Waals surface area contributed by atoms with E-state index < -0.39 is 17.7 Å². The second kappa shape index (κ2) is 3.99. The number of rotatable bonds is 2. The molecule has 1 rings (SSSR count). The molecule has 0 aromatic carbocycles. The first-order valence-corrected chi connectivity index (χ1v) is 4.68. The number of Topliss-reactive ketones (excluding diaryl/α,β-unsaturated/α-hetero) is 1. The molecule has 0 saturated carbocycles. The molecule has 0 spiro atoms. The van der Waals surface area contributed by atoms with Gasteiger partial charge in [-0.05, 0) is 12.8 Å². The summed E-state index contributed by atoms with van der Waals surface area (Å²) in [5, 5.41) is 0. The van der Waals surface area contributed by atoms with Gasteiger partial charge in [0.15, 0.2) is 0 Å². The van der Waals surface area contributed by atoms with Gasteiger partial charge in [-0.15, -0.1) is 0 Å². The maximum Gasteiger partial charge on any atom is 0.221 e. The lowest BCUT2D eigenvalue weighted by atomic mass is 9.61. The summed E-state index contributed by atoms with van der Waals surface area (Å²) < 4.78 is 0.